The third-order valence-electron chi connectivity index (χ3n) is 2.21. The van der Waals surface area contributed by atoms with E-state index in [1.54, 1.807) is 6.08 Å². The maximum Gasteiger partial charge on any atom is 0.418 e. The molecule has 0 spiro atoms. The summed E-state index contributed by atoms with van der Waals surface area (Å²) in [5, 5.41) is 2.84. The minimum absolute atomic E-state index is 0.0845. The van der Waals surface area contributed by atoms with E-state index in [9.17, 15) is 13.2 Å². The third kappa shape index (κ3) is 4.07. The SMILES string of the molecule is C=CCC(C)Nc1cc(Br)ccc1C(F)(F)F. The van der Waals surface area contributed by atoms with Gasteiger partial charge < -0.3 is 5.32 Å². The molecule has 0 radical (unpaired) electrons. The van der Waals surface area contributed by atoms with E-state index in [2.05, 4.69) is 27.8 Å². The van der Waals surface area contributed by atoms with Gasteiger partial charge in [0.2, 0.25) is 0 Å². The van der Waals surface area contributed by atoms with Gasteiger partial charge in [-0.25, -0.2) is 0 Å². The van der Waals surface area contributed by atoms with Crippen LogP contribution in [0.3, 0.4) is 0 Å². The summed E-state index contributed by atoms with van der Waals surface area (Å²) in [7, 11) is 0. The van der Waals surface area contributed by atoms with Crippen LogP contribution in [0.2, 0.25) is 0 Å². The van der Waals surface area contributed by atoms with Crippen LogP contribution in [0.4, 0.5) is 18.9 Å². The molecular weight excluding hydrogens is 295 g/mol. The van der Waals surface area contributed by atoms with Crippen LogP contribution < -0.4 is 5.32 Å². The molecule has 1 aromatic carbocycles. The lowest BCUT2D eigenvalue weighted by Gasteiger charge is -2.18. The van der Waals surface area contributed by atoms with Crippen LogP contribution in [0.1, 0.15) is 18.9 Å². The normalized spacial score (nSPS) is 13.2. The second-order valence-electron chi connectivity index (χ2n) is 3.76. The van der Waals surface area contributed by atoms with Crippen LogP contribution in [0.25, 0.3) is 0 Å². The average molecular weight is 308 g/mol. The van der Waals surface area contributed by atoms with Crippen LogP contribution in [0.5, 0.6) is 0 Å². The number of rotatable bonds is 4. The molecule has 0 aliphatic carbocycles. The van der Waals surface area contributed by atoms with Gasteiger partial charge in [0.05, 0.1) is 5.56 Å². The zero-order chi connectivity index (χ0) is 13.1. The second-order valence-corrected chi connectivity index (χ2v) is 4.67. The minimum atomic E-state index is -4.35. The second kappa shape index (κ2) is 5.58. The lowest BCUT2D eigenvalue weighted by Crippen LogP contribution is -2.18. The van der Waals surface area contributed by atoms with Crippen molar-refractivity contribution in [1.82, 2.24) is 0 Å². The molecule has 0 saturated carbocycles. The molecule has 0 heterocycles. The van der Waals surface area contributed by atoms with Gasteiger partial charge in [-0.3, -0.25) is 0 Å². The highest BCUT2D eigenvalue weighted by Crippen LogP contribution is 2.36. The zero-order valence-electron chi connectivity index (χ0n) is 9.31. The van der Waals surface area contributed by atoms with E-state index >= 15 is 0 Å². The van der Waals surface area contributed by atoms with Crippen molar-refractivity contribution in [1.29, 1.82) is 0 Å². The first-order valence-electron chi connectivity index (χ1n) is 5.08. The van der Waals surface area contributed by atoms with Gasteiger partial charge >= 0.3 is 6.18 Å². The highest BCUT2D eigenvalue weighted by molar-refractivity contribution is 9.10. The maximum absolute atomic E-state index is 12.7. The highest BCUT2D eigenvalue weighted by atomic mass is 79.9. The Morgan fingerprint density at radius 3 is 2.65 bits per heavy atom. The van der Waals surface area contributed by atoms with E-state index in [-0.39, 0.29) is 11.7 Å². The largest absolute Gasteiger partial charge is 0.418 e. The van der Waals surface area contributed by atoms with Crippen molar-refractivity contribution in [2.24, 2.45) is 0 Å². The number of hydrogen-bond donors (Lipinski definition) is 1. The Bertz CT molecular complexity index is 401. The first-order valence-corrected chi connectivity index (χ1v) is 5.88. The summed E-state index contributed by atoms with van der Waals surface area (Å²) in [6.07, 6.45) is -2.08. The Morgan fingerprint density at radius 2 is 2.12 bits per heavy atom. The zero-order valence-corrected chi connectivity index (χ0v) is 10.9. The molecule has 0 aliphatic heterocycles. The van der Waals surface area contributed by atoms with E-state index in [4.69, 9.17) is 0 Å². The smallest absolute Gasteiger partial charge is 0.382 e. The fraction of sp³-hybridized carbons (Fsp3) is 0.333. The minimum Gasteiger partial charge on any atom is -0.382 e. The first-order chi connectivity index (χ1) is 7.84. The highest BCUT2D eigenvalue weighted by Gasteiger charge is 2.33. The molecular formula is C12H13BrF3N. The van der Waals surface area contributed by atoms with Gasteiger partial charge in [-0.2, -0.15) is 13.2 Å². The van der Waals surface area contributed by atoms with Crippen molar-refractivity contribution in [3.63, 3.8) is 0 Å². The van der Waals surface area contributed by atoms with Gasteiger partial charge in [0.15, 0.2) is 0 Å². The van der Waals surface area contributed by atoms with Gasteiger partial charge in [0.25, 0.3) is 0 Å². The van der Waals surface area contributed by atoms with E-state index < -0.39 is 11.7 Å². The van der Waals surface area contributed by atoms with Crippen LogP contribution in [-0.4, -0.2) is 6.04 Å². The molecule has 94 valence electrons. The molecule has 1 N–H and O–H groups in total. The summed E-state index contributed by atoms with van der Waals surface area (Å²) in [6.45, 7) is 5.37. The fourth-order valence-electron chi connectivity index (χ4n) is 1.46. The average Bonchev–Trinajstić information content (AvgIpc) is 2.15. The Kier molecular flexibility index (Phi) is 4.62. The molecule has 1 atom stereocenters. The van der Waals surface area contributed by atoms with Gasteiger partial charge in [-0.15, -0.1) is 6.58 Å². The fourth-order valence-corrected chi connectivity index (χ4v) is 1.82. The van der Waals surface area contributed by atoms with Crippen LogP contribution in [-0.2, 0) is 6.18 Å². The summed E-state index contributed by atoms with van der Waals surface area (Å²) in [5.41, 5.74) is -0.571. The summed E-state index contributed by atoms with van der Waals surface area (Å²) < 4.78 is 38.8. The summed E-state index contributed by atoms with van der Waals surface area (Å²) in [6, 6.07) is 3.78. The topological polar surface area (TPSA) is 12.0 Å². The molecule has 0 fully saturated rings. The Balaban J connectivity index is 3.03. The molecule has 1 nitrogen and oxygen atoms in total. The van der Waals surface area contributed by atoms with E-state index in [0.29, 0.717) is 10.9 Å². The number of halogens is 4. The van der Waals surface area contributed by atoms with Gasteiger partial charge in [0, 0.05) is 16.2 Å². The molecule has 0 amide bonds. The Morgan fingerprint density at radius 1 is 1.47 bits per heavy atom. The predicted molar refractivity (Wildman–Crippen MR) is 67.0 cm³/mol. The van der Waals surface area contributed by atoms with Crippen molar-refractivity contribution in [3.8, 4) is 0 Å². The molecule has 1 aromatic rings. The lowest BCUT2D eigenvalue weighted by atomic mass is 10.1. The van der Waals surface area contributed by atoms with Crippen molar-refractivity contribution in [2.45, 2.75) is 25.6 Å². The summed E-state index contributed by atoms with van der Waals surface area (Å²) in [5.74, 6) is 0. The first kappa shape index (κ1) is 14.1. The molecule has 1 rings (SSSR count). The lowest BCUT2D eigenvalue weighted by molar-refractivity contribution is -0.137. The number of anilines is 1. The van der Waals surface area contributed by atoms with Crippen molar-refractivity contribution >= 4 is 21.6 Å². The van der Waals surface area contributed by atoms with Crippen molar-refractivity contribution < 1.29 is 13.2 Å². The molecule has 0 aromatic heterocycles. The van der Waals surface area contributed by atoms with E-state index in [1.165, 1.54) is 12.1 Å². The summed E-state index contributed by atoms with van der Waals surface area (Å²) in [4.78, 5) is 0. The van der Waals surface area contributed by atoms with Crippen LogP contribution >= 0.6 is 15.9 Å². The maximum atomic E-state index is 12.7. The van der Waals surface area contributed by atoms with Gasteiger partial charge in [-0.05, 0) is 31.5 Å². The Hall–Kier alpha value is -0.970. The van der Waals surface area contributed by atoms with Crippen LogP contribution in [0.15, 0.2) is 35.3 Å². The molecule has 17 heavy (non-hydrogen) atoms. The number of nitrogens with one attached hydrogen (secondary N) is 1. The van der Waals surface area contributed by atoms with Crippen molar-refractivity contribution in [3.05, 3.63) is 40.9 Å². The standard InChI is InChI=1S/C12H13BrF3N/c1-3-4-8(2)17-11-7-9(13)5-6-10(11)12(14,15)16/h3,5-8,17H,1,4H2,2H3. The number of benzene rings is 1. The van der Waals surface area contributed by atoms with Crippen molar-refractivity contribution in [2.75, 3.05) is 5.32 Å². The molecule has 0 aliphatic rings. The quantitative estimate of drug-likeness (QED) is 0.785. The van der Waals surface area contributed by atoms with Crippen LogP contribution in [0, 0.1) is 0 Å². The Labute approximate surface area is 107 Å². The van der Waals surface area contributed by atoms with Gasteiger partial charge in [-0.1, -0.05) is 22.0 Å². The van der Waals surface area contributed by atoms with E-state index in [1.807, 2.05) is 6.92 Å². The number of hydrogen-bond acceptors (Lipinski definition) is 1. The monoisotopic (exact) mass is 307 g/mol. The van der Waals surface area contributed by atoms with E-state index in [0.717, 1.165) is 6.07 Å². The molecule has 1 unspecified atom stereocenters. The predicted octanol–water partition coefficient (Wildman–Crippen LogP) is 4.84. The molecule has 5 heteroatoms. The summed E-state index contributed by atoms with van der Waals surface area (Å²) >= 11 is 3.16. The number of alkyl halides is 3. The third-order valence-corrected chi connectivity index (χ3v) is 2.70. The van der Waals surface area contributed by atoms with Gasteiger partial charge in [0.1, 0.15) is 0 Å². The molecule has 0 saturated heterocycles. The molecule has 0 bridgehead atoms.